The Labute approximate surface area is 158 Å². The van der Waals surface area contributed by atoms with Gasteiger partial charge in [-0.15, -0.1) is 0 Å². The van der Waals surface area contributed by atoms with Crippen LogP contribution in [0.2, 0.25) is 0 Å². The van der Waals surface area contributed by atoms with Gasteiger partial charge >= 0.3 is 6.03 Å². The molecule has 2 aromatic rings. The third-order valence-corrected chi connectivity index (χ3v) is 6.48. The highest BCUT2D eigenvalue weighted by Gasteiger charge is 2.27. The molecule has 0 aliphatic carbocycles. The van der Waals surface area contributed by atoms with E-state index in [0.717, 1.165) is 23.7 Å². The summed E-state index contributed by atoms with van der Waals surface area (Å²) in [6.45, 7) is 0.993. The third kappa shape index (κ3) is 4.48. The second-order valence-corrected chi connectivity index (χ2v) is 8.85. The molecule has 1 aromatic heterocycles. The van der Waals surface area contributed by atoms with Crippen molar-refractivity contribution in [2.75, 3.05) is 31.2 Å². The van der Waals surface area contributed by atoms with Crippen molar-refractivity contribution in [1.82, 2.24) is 14.2 Å². The summed E-state index contributed by atoms with van der Waals surface area (Å²) in [6, 6.07) is 8.40. The lowest BCUT2D eigenvalue weighted by molar-refractivity contribution is 0.182. The van der Waals surface area contributed by atoms with E-state index in [9.17, 15) is 18.0 Å². The van der Waals surface area contributed by atoms with Crippen LogP contribution in [0.3, 0.4) is 0 Å². The number of fused-ring (bicyclic) bond motifs is 1. The number of benzene rings is 1. The number of aryl methyl sites for hydroxylation is 1. The molecule has 9 heteroatoms. The summed E-state index contributed by atoms with van der Waals surface area (Å²) >= 11 is 0. The predicted molar refractivity (Wildman–Crippen MR) is 105 cm³/mol. The maximum Gasteiger partial charge on any atom is 0.321 e. The van der Waals surface area contributed by atoms with Crippen molar-refractivity contribution in [3.63, 3.8) is 0 Å². The van der Waals surface area contributed by atoms with Gasteiger partial charge in [0.15, 0.2) is 0 Å². The number of nitrogens with zero attached hydrogens (tertiary/aromatic N) is 2. The summed E-state index contributed by atoms with van der Waals surface area (Å²) in [5, 5.41) is 3.76. The molecular formula is C18H24N4O4S. The lowest BCUT2D eigenvalue weighted by Gasteiger charge is -2.32. The highest BCUT2D eigenvalue weighted by molar-refractivity contribution is 7.89. The average Bonchev–Trinajstić information content (AvgIpc) is 2.65. The molecule has 1 saturated heterocycles. The molecule has 1 aliphatic heterocycles. The third-order valence-electron chi connectivity index (χ3n) is 4.95. The molecule has 1 fully saturated rings. The van der Waals surface area contributed by atoms with Crippen LogP contribution in [0.5, 0.6) is 0 Å². The lowest BCUT2D eigenvalue weighted by Crippen LogP contribution is -2.44. The van der Waals surface area contributed by atoms with Crippen molar-refractivity contribution in [2.24, 2.45) is 13.0 Å². The highest BCUT2D eigenvalue weighted by atomic mass is 32.2. The number of carbonyl (C=O) groups excluding carboxylic acids is 1. The van der Waals surface area contributed by atoms with Crippen LogP contribution >= 0.6 is 0 Å². The molecule has 0 radical (unpaired) electrons. The SMILES string of the molecule is CNS(=O)(=O)CC1CCCN(C(=O)Nc2ccc3ccc(=O)n(C)c3c2)C1. The fourth-order valence-corrected chi connectivity index (χ4v) is 4.49. The molecular weight excluding hydrogens is 368 g/mol. The molecule has 0 saturated carbocycles. The zero-order valence-electron chi connectivity index (χ0n) is 15.4. The van der Waals surface area contributed by atoms with Gasteiger partial charge in [-0.25, -0.2) is 17.9 Å². The smallest absolute Gasteiger partial charge is 0.321 e. The first-order valence-electron chi connectivity index (χ1n) is 8.86. The van der Waals surface area contributed by atoms with Crippen molar-refractivity contribution in [3.8, 4) is 0 Å². The Bertz CT molecular complexity index is 1020. The maximum atomic E-state index is 12.6. The number of carbonyl (C=O) groups is 1. The van der Waals surface area contributed by atoms with Crippen molar-refractivity contribution in [2.45, 2.75) is 12.8 Å². The van der Waals surface area contributed by atoms with Crippen LogP contribution in [-0.2, 0) is 17.1 Å². The summed E-state index contributed by atoms with van der Waals surface area (Å²) in [6.07, 6.45) is 1.55. The Balaban J connectivity index is 1.72. The molecule has 0 bridgehead atoms. The standard InChI is InChI=1S/C18H24N4O4S/c1-19-27(25,26)12-13-4-3-9-22(11-13)18(24)20-15-7-5-14-6-8-17(23)21(2)16(14)10-15/h5-8,10,13,19H,3-4,9,11-12H2,1-2H3,(H,20,24). The van der Waals surface area contributed by atoms with Crippen LogP contribution in [0.25, 0.3) is 10.9 Å². The van der Waals surface area contributed by atoms with Crippen LogP contribution in [0.15, 0.2) is 35.1 Å². The van der Waals surface area contributed by atoms with Crippen LogP contribution in [0, 0.1) is 5.92 Å². The number of aromatic nitrogens is 1. The Morgan fingerprint density at radius 2 is 2.00 bits per heavy atom. The van der Waals surface area contributed by atoms with Crippen molar-refractivity contribution in [3.05, 3.63) is 40.7 Å². The monoisotopic (exact) mass is 392 g/mol. The molecule has 146 valence electrons. The fraction of sp³-hybridized carbons (Fsp3) is 0.444. The molecule has 0 spiro atoms. The van der Waals surface area contributed by atoms with E-state index in [4.69, 9.17) is 0 Å². The number of anilines is 1. The minimum absolute atomic E-state index is 0.0192. The van der Waals surface area contributed by atoms with Crippen LogP contribution < -0.4 is 15.6 Å². The van der Waals surface area contributed by atoms with Crippen LogP contribution in [-0.4, -0.2) is 49.8 Å². The van der Waals surface area contributed by atoms with Crippen LogP contribution in [0.4, 0.5) is 10.5 Å². The van der Waals surface area contributed by atoms with E-state index < -0.39 is 10.0 Å². The number of nitrogens with one attached hydrogen (secondary N) is 2. The number of sulfonamides is 1. The van der Waals surface area contributed by atoms with E-state index in [2.05, 4.69) is 10.0 Å². The first kappa shape index (κ1) is 19.4. The molecule has 1 atom stereocenters. The number of hydrogen-bond acceptors (Lipinski definition) is 4. The van der Waals surface area contributed by atoms with Gasteiger partial charge in [-0.2, -0.15) is 0 Å². The van der Waals surface area contributed by atoms with Gasteiger partial charge in [0.25, 0.3) is 5.56 Å². The molecule has 2 heterocycles. The van der Waals surface area contributed by atoms with E-state index >= 15 is 0 Å². The molecule has 2 amide bonds. The summed E-state index contributed by atoms with van der Waals surface area (Å²) in [4.78, 5) is 26.1. The lowest BCUT2D eigenvalue weighted by atomic mass is 10.0. The zero-order valence-corrected chi connectivity index (χ0v) is 16.3. The Kier molecular flexibility index (Phi) is 5.52. The molecule has 1 unspecified atom stereocenters. The van der Waals surface area contributed by atoms with Crippen molar-refractivity contribution in [1.29, 1.82) is 0 Å². The Morgan fingerprint density at radius 1 is 1.26 bits per heavy atom. The number of amides is 2. The number of pyridine rings is 1. The molecule has 8 nitrogen and oxygen atoms in total. The largest absolute Gasteiger partial charge is 0.324 e. The summed E-state index contributed by atoms with van der Waals surface area (Å²) in [5.74, 6) is -0.0647. The number of hydrogen-bond donors (Lipinski definition) is 2. The maximum absolute atomic E-state index is 12.6. The van der Waals surface area contributed by atoms with Gasteiger partial charge in [0.05, 0.1) is 11.3 Å². The van der Waals surface area contributed by atoms with Gasteiger partial charge in [0.2, 0.25) is 10.0 Å². The summed E-state index contributed by atoms with van der Waals surface area (Å²) < 4.78 is 27.4. The number of piperidine rings is 1. The van der Waals surface area contributed by atoms with E-state index in [-0.39, 0.29) is 23.3 Å². The highest BCUT2D eigenvalue weighted by Crippen LogP contribution is 2.21. The van der Waals surface area contributed by atoms with E-state index in [1.807, 2.05) is 6.07 Å². The summed E-state index contributed by atoms with van der Waals surface area (Å²) in [7, 11) is -0.214. The zero-order chi connectivity index (χ0) is 19.6. The Morgan fingerprint density at radius 3 is 2.74 bits per heavy atom. The van der Waals surface area contributed by atoms with Gasteiger partial charge in [-0.05, 0) is 49.4 Å². The van der Waals surface area contributed by atoms with E-state index in [1.54, 1.807) is 30.1 Å². The topological polar surface area (TPSA) is 101 Å². The van der Waals surface area contributed by atoms with Crippen molar-refractivity contribution < 1.29 is 13.2 Å². The normalized spacial score (nSPS) is 17.9. The van der Waals surface area contributed by atoms with Crippen LogP contribution in [0.1, 0.15) is 12.8 Å². The quantitative estimate of drug-likeness (QED) is 0.820. The van der Waals surface area contributed by atoms with Gasteiger partial charge in [0.1, 0.15) is 0 Å². The molecule has 3 rings (SSSR count). The van der Waals surface area contributed by atoms with Gasteiger partial charge in [-0.1, -0.05) is 6.07 Å². The average molecular weight is 392 g/mol. The minimum Gasteiger partial charge on any atom is -0.324 e. The molecule has 1 aromatic carbocycles. The molecule has 1 aliphatic rings. The number of likely N-dealkylation sites (tertiary alicyclic amines) is 1. The summed E-state index contributed by atoms with van der Waals surface area (Å²) in [5.41, 5.74) is 1.21. The first-order valence-corrected chi connectivity index (χ1v) is 10.5. The molecule has 2 N–H and O–H groups in total. The number of rotatable bonds is 4. The van der Waals surface area contributed by atoms with Gasteiger partial charge < -0.3 is 14.8 Å². The fourth-order valence-electron chi connectivity index (χ4n) is 3.43. The van der Waals surface area contributed by atoms with Gasteiger partial charge in [0, 0.05) is 31.9 Å². The van der Waals surface area contributed by atoms with E-state index in [1.165, 1.54) is 17.7 Å². The predicted octanol–water partition coefficient (Wildman–Crippen LogP) is 1.33. The number of urea groups is 1. The van der Waals surface area contributed by atoms with Gasteiger partial charge in [-0.3, -0.25) is 4.79 Å². The van der Waals surface area contributed by atoms with Crippen molar-refractivity contribution >= 4 is 32.6 Å². The second-order valence-electron chi connectivity index (χ2n) is 6.87. The minimum atomic E-state index is -3.30. The first-order chi connectivity index (χ1) is 12.8. The van der Waals surface area contributed by atoms with E-state index in [0.29, 0.717) is 18.8 Å². The Hall–Kier alpha value is -2.39. The molecule has 27 heavy (non-hydrogen) atoms. The second kappa shape index (κ2) is 7.69.